The van der Waals surface area contributed by atoms with Crippen LogP contribution in [0.4, 0.5) is 0 Å². The normalized spacial score (nSPS) is 19.5. The lowest BCUT2D eigenvalue weighted by molar-refractivity contribution is 0.432. The molecular formula is C18H18N2. The van der Waals surface area contributed by atoms with Crippen molar-refractivity contribution < 1.29 is 0 Å². The summed E-state index contributed by atoms with van der Waals surface area (Å²) < 4.78 is 0. The Hall–Kier alpha value is -1.90. The van der Waals surface area contributed by atoms with E-state index in [1.165, 1.54) is 27.1 Å². The molecular weight excluding hydrogens is 244 g/mol. The second kappa shape index (κ2) is 4.89. The molecule has 3 aromatic carbocycles. The van der Waals surface area contributed by atoms with Crippen LogP contribution in [0, 0.1) is 0 Å². The van der Waals surface area contributed by atoms with Crippen LogP contribution < -0.4 is 10.6 Å². The summed E-state index contributed by atoms with van der Waals surface area (Å²) in [4.78, 5) is 0. The molecule has 1 fully saturated rings. The van der Waals surface area contributed by atoms with Gasteiger partial charge in [0.25, 0.3) is 0 Å². The Morgan fingerprint density at radius 1 is 0.800 bits per heavy atom. The zero-order valence-electron chi connectivity index (χ0n) is 11.4. The summed E-state index contributed by atoms with van der Waals surface area (Å²) in [6.45, 7) is 3.09. The predicted octanol–water partition coefficient (Wildman–Crippen LogP) is 3.23. The van der Waals surface area contributed by atoms with Crippen LogP contribution in [0.15, 0.2) is 54.6 Å². The van der Waals surface area contributed by atoms with Crippen LogP contribution in [-0.2, 0) is 0 Å². The molecule has 2 N–H and O–H groups in total. The highest BCUT2D eigenvalue weighted by atomic mass is 15.1. The average Bonchev–Trinajstić information content (AvgIpc) is 2.55. The van der Waals surface area contributed by atoms with Gasteiger partial charge >= 0.3 is 0 Å². The van der Waals surface area contributed by atoms with Crippen molar-refractivity contribution >= 4 is 21.5 Å². The summed E-state index contributed by atoms with van der Waals surface area (Å²) in [5.74, 6) is 0. The van der Waals surface area contributed by atoms with Crippen LogP contribution in [0.25, 0.3) is 21.5 Å². The Kier molecular flexibility index (Phi) is 2.91. The smallest absolute Gasteiger partial charge is 0.0453 e. The van der Waals surface area contributed by atoms with Gasteiger partial charge in [0, 0.05) is 25.7 Å². The van der Waals surface area contributed by atoms with E-state index in [9.17, 15) is 0 Å². The number of rotatable bonds is 1. The summed E-state index contributed by atoms with van der Waals surface area (Å²) in [7, 11) is 0. The quantitative estimate of drug-likeness (QED) is 0.658. The number of fused-ring (bicyclic) bond motifs is 3. The van der Waals surface area contributed by atoms with E-state index in [0.29, 0.717) is 6.04 Å². The van der Waals surface area contributed by atoms with Crippen molar-refractivity contribution in [2.45, 2.75) is 6.04 Å². The van der Waals surface area contributed by atoms with Gasteiger partial charge in [0.15, 0.2) is 0 Å². The zero-order valence-corrected chi connectivity index (χ0v) is 11.4. The van der Waals surface area contributed by atoms with E-state index in [4.69, 9.17) is 0 Å². The van der Waals surface area contributed by atoms with Crippen LogP contribution in [0.3, 0.4) is 0 Å². The number of hydrogen-bond acceptors (Lipinski definition) is 2. The van der Waals surface area contributed by atoms with E-state index in [-0.39, 0.29) is 0 Å². The molecule has 1 saturated heterocycles. The molecule has 0 unspecified atom stereocenters. The Balaban J connectivity index is 2.02. The number of piperazine rings is 1. The van der Waals surface area contributed by atoms with E-state index in [1.807, 2.05) is 0 Å². The lowest BCUT2D eigenvalue weighted by atomic mass is 9.93. The van der Waals surface area contributed by atoms with Crippen molar-refractivity contribution in [3.8, 4) is 0 Å². The minimum atomic E-state index is 0.401. The van der Waals surface area contributed by atoms with E-state index < -0.39 is 0 Å². The molecule has 0 amide bonds. The fourth-order valence-corrected chi connectivity index (χ4v) is 3.24. The third kappa shape index (κ3) is 1.89. The first-order valence-electron chi connectivity index (χ1n) is 7.28. The van der Waals surface area contributed by atoms with Gasteiger partial charge in [-0.3, -0.25) is 0 Å². The van der Waals surface area contributed by atoms with Crippen molar-refractivity contribution in [1.29, 1.82) is 0 Å². The topological polar surface area (TPSA) is 24.1 Å². The van der Waals surface area contributed by atoms with Gasteiger partial charge in [0.1, 0.15) is 0 Å². The van der Waals surface area contributed by atoms with E-state index in [1.54, 1.807) is 0 Å². The minimum Gasteiger partial charge on any atom is -0.314 e. The molecule has 1 aliphatic rings. The lowest BCUT2D eigenvalue weighted by Crippen LogP contribution is -2.42. The van der Waals surface area contributed by atoms with E-state index in [2.05, 4.69) is 65.2 Å². The van der Waals surface area contributed by atoms with Gasteiger partial charge < -0.3 is 10.6 Å². The monoisotopic (exact) mass is 262 g/mol. The average molecular weight is 262 g/mol. The molecule has 2 nitrogen and oxygen atoms in total. The third-order valence-corrected chi connectivity index (χ3v) is 4.22. The van der Waals surface area contributed by atoms with Crippen molar-refractivity contribution in [2.75, 3.05) is 19.6 Å². The van der Waals surface area contributed by atoms with Crippen LogP contribution in [0.5, 0.6) is 0 Å². The van der Waals surface area contributed by atoms with Crippen LogP contribution in [0.2, 0.25) is 0 Å². The summed E-state index contributed by atoms with van der Waals surface area (Å²) in [6.07, 6.45) is 0. The molecule has 20 heavy (non-hydrogen) atoms. The van der Waals surface area contributed by atoms with Crippen molar-refractivity contribution in [3.63, 3.8) is 0 Å². The summed E-state index contributed by atoms with van der Waals surface area (Å²) in [5.41, 5.74) is 1.41. The van der Waals surface area contributed by atoms with Crippen molar-refractivity contribution in [2.24, 2.45) is 0 Å². The first-order chi connectivity index (χ1) is 9.93. The van der Waals surface area contributed by atoms with Crippen LogP contribution in [-0.4, -0.2) is 19.6 Å². The maximum Gasteiger partial charge on any atom is 0.0453 e. The molecule has 0 aliphatic carbocycles. The van der Waals surface area contributed by atoms with Crippen molar-refractivity contribution in [3.05, 3.63) is 60.2 Å². The first-order valence-corrected chi connectivity index (χ1v) is 7.28. The van der Waals surface area contributed by atoms with Crippen LogP contribution in [0.1, 0.15) is 11.6 Å². The number of benzene rings is 3. The van der Waals surface area contributed by atoms with Gasteiger partial charge in [-0.1, -0.05) is 48.5 Å². The number of hydrogen-bond donors (Lipinski definition) is 2. The standard InChI is InChI=1S/C18H18N2/c1-2-6-14-13(5-1)11-17(18-12-19-9-10-20-18)16-8-4-3-7-15(14)16/h1-8,11,18-20H,9-10,12H2/t18-/m0/s1. The largest absolute Gasteiger partial charge is 0.314 e. The predicted molar refractivity (Wildman–Crippen MR) is 85.1 cm³/mol. The van der Waals surface area contributed by atoms with Gasteiger partial charge in [-0.05, 0) is 33.2 Å². The molecule has 2 heteroatoms. The number of nitrogens with one attached hydrogen (secondary N) is 2. The Labute approximate surface area is 118 Å². The Morgan fingerprint density at radius 2 is 1.55 bits per heavy atom. The lowest BCUT2D eigenvalue weighted by Gasteiger charge is -2.26. The van der Waals surface area contributed by atoms with Crippen molar-refractivity contribution in [1.82, 2.24) is 10.6 Å². The van der Waals surface area contributed by atoms with Gasteiger partial charge in [0.2, 0.25) is 0 Å². The molecule has 100 valence electrons. The molecule has 4 rings (SSSR count). The highest BCUT2D eigenvalue weighted by molar-refractivity contribution is 6.09. The Bertz CT molecular complexity index is 758. The molecule has 0 bridgehead atoms. The van der Waals surface area contributed by atoms with Gasteiger partial charge in [-0.2, -0.15) is 0 Å². The molecule has 0 aromatic heterocycles. The second-order valence-electron chi connectivity index (χ2n) is 5.44. The fourth-order valence-electron chi connectivity index (χ4n) is 3.24. The highest BCUT2D eigenvalue weighted by Gasteiger charge is 2.17. The van der Waals surface area contributed by atoms with Gasteiger partial charge in [-0.15, -0.1) is 0 Å². The molecule has 0 radical (unpaired) electrons. The van der Waals surface area contributed by atoms with Gasteiger partial charge in [0.05, 0.1) is 0 Å². The third-order valence-electron chi connectivity index (χ3n) is 4.22. The van der Waals surface area contributed by atoms with E-state index >= 15 is 0 Å². The highest BCUT2D eigenvalue weighted by Crippen LogP contribution is 2.32. The molecule has 0 saturated carbocycles. The fraction of sp³-hybridized carbons (Fsp3) is 0.222. The SMILES string of the molecule is c1ccc2c(c1)cc([C@@H]1CNCCN1)c1ccccc12. The molecule has 0 spiro atoms. The molecule has 1 aliphatic heterocycles. The van der Waals surface area contributed by atoms with Crippen LogP contribution >= 0.6 is 0 Å². The second-order valence-corrected chi connectivity index (χ2v) is 5.44. The molecule has 3 aromatic rings. The van der Waals surface area contributed by atoms with Gasteiger partial charge in [-0.25, -0.2) is 0 Å². The summed E-state index contributed by atoms with van der Waals surface area (Å²) in [6, 6.07) is 20.2. The maximum atomic E-state index is 3.63. The summed E-state index contributed by atoms with van der Waals surface area (Å²) >= 11 is 0. The maximum absolute atomic E-state index is 3.63. The Morgan fingerprint density at radius 3 is 2.35 bits per heavy atom. The molecule has 1 heterocycles. The van der Waals surface area contributed by atoms with E-state index in [0.717, 1.165) is 19.6 Å². The minimum absolute atomic E-state index is 0.401. The first kappa shape index (κ1) is 11.9. The zero-order chi connectivity index (χ0) is 13.4. The summed E-state index contributed by atoms with van der Waals surface area (Å²) in [5, 5.41) is 12.5. The molecule has 1 atom stereocenters.